The van der Waals surface area contributed by atoms with Gasteiger partial charge < -0.3 is 24.5 Å². The molecule has 0 aliphatic heterocycles. The van der Waals surface area contributed by atoms with Gasteiger partial charge in [-0.1, -0.05) is 28.1 Å². The van der Waals surface area contributed by atoms with Crippen LogP contribution < -0.4 is 5.32 Å². The van der Waals surface area contributed by atoms with Gasteiger partial charge in [-0.3, -0.25) is 4.79 Å². The van der Waals surface area contributed by atoms with E-state index in [2.05, 4.69) is 26.2 Å². The third-order valence-corrected chi connectivity index (χ3v) is 4.83. The third kappa shape index (κ3) is 5.45. The monoisotopic (exact) mass is 466 g/mol. The van der Waals surface area contributed by atoms with Crippen LogP contribution in [0.4, 0.5) is 0 Å². The fraction of sp³-hybridized carbons (Fsp3) is 0.350. The summed E-state index contributed by atoms with van der Waals surface area (Å²) in [6, 6.07) is 5.93. The second-order valence-corrected chi connectivity index (χ2v) is 7.15. The molecule has 8 nitrogen and oxygen atoms in total. The molecule has 1 heterocycles. The van der Waals surface area contributed by atoms with Gasteiger partial charge in [0.15, 0.2) is 6.04 Å². The summed E-state index contributed by atoms with van der Waals surface area (Å²) < 4.78 is 15.7. The summed E-state index contributed by atoms with van der Waals surface area (Å²) in [7, 11) is 2.75. The second kappa shape index (κ2) is 10.2. The zero-order valence-electron chi connectivity index (χ0n) is 16.6. The maximum atomic E-state index is 12.9. The van der Waals surface area contributed by atoms with Crippen LogP contribution in [-0.4, -0.2) is 50.3 Å². The summed E-state index contributed by atoms with van der Waals surface area (Å²) in [5.41, 5.74) is 1.94. The molecule has 2 N–H and O–H groups in total. The Labute approximate surface area is 177 Å². The molecule has 0 radical (unpaired) electrons. The number of benzene rings is 1. The number of H-pyrrole nitrogens is 1. The Bertz CT molecular complexity index is 891. The highest BCUT2D eigenvalue weighted by molar-refractivity contribution is 9.10. The number of halogens is 1. The van der Waals surface area contributed by atoms with Crippen molar-refractivity contribution >= 4 is 33.8 Å². The number of rotatable bonds is 8. The first-order valence-electron chi connectivity index (χ1n) is 8.79. The predicted molar refractivity (Wildman–Crippen MR) is 109 cm³/mol. The van der Waals surface area contributed by atoms with E-state index in [-0.39, 0.29) is 24.5 Å². The molecular formula is C20H23BrN2O6. The van der Waals surface area contributed by atoms with Gasteiger partial charge in [-0.2, -0.15) is 0 Å². The minimum Gasteiger partial charge on any atom is -0.467 e. The van der Waals surface area contributed by atoms with Crippen LogP contribution in [0.2, 0.25) is 0 Å². The topological polar surface area (TPSA) is 107 Å². The lowest BCUT2D eigenvalue weighted by Crippen LogP contribution is -2.35. The molecule has 1 unspecified atom stereocenters. The van der Waals surface area contributed by atoms with Gasteiger partial charge in [0.05, 0.1) is 19.3 Å². The standard InChI is InChI=1S/C20H23BrN2O6/c1-11-15(19(25)29-10-9-27-3)12(2)22-16(11)18(24)23-17(20(26)28-4)13-5-7-14(21)8-6-13/h5-8,17,22H,9-10H2,1-4H3,(H,23,24). The van der Waals surface area contributed by atoms with Crippen molar-refractivity contribution in [2.75, 3.05) is 27.4 Å². The summed E-state index contributed by atoms with van der Waals surface area (Å²) in [5.74, 6) is -1.70. The van der Waals surface area contributed by atoms with Crippen molar-refractivity contribution in [1.29, 1.82) is 0 Å². The Hall–Kier alpha value is -2.65. The van der Waals surface area contributed by atoms with Gasteiger partial charge in [-0.05, 0) is 37.1 Å². The van der Waals surface area contributed by atoms with Gasteiger partial charge in [0.25, 0.3) is 5.91 Å². The number of amides is 1. The fourth-order valence-electron chi connectivity index (χ4n) is 2.83. The van der Waals surface area contributed by atoms with Crippen LogP contribution in [-0.2, 0) is 19.0 Å². The summed E-state index contributed by atoms with van der Waals surface area (Å²) in [6.07, 6.45) is 0. The summed E-state index contributed by atoms with van der Waals surface area (Å²) >= 11 is 3.33. The van der Waals surface area contributed by atoms with Crippen LogP contribution in [0.1, 0.15) is 43.7 Å². The molecule has 0 spiro atoms. The summed E-state index contributed by atoms with van der Waals surface area (Å²) in [6.45, 7) is 3.69. The Kier molecular flexibility index (Phi) is 7.98. The normalized spacial score (nSPS) is 11.6. The Morgan fingerprint density at radius 3 is 2.34 bits per heavy atom. The van der Waals surface area contributed by atoms with E-state index in [0.717, 1.165) is 4.47 Å². The molecule has 0 aliphatic carbocycles. The molecule has 0 bridgehead atoms. The van der Waals surface area contributed by atoms with Crippen molar-refractivity contribution in [2.45, 2.75) is 19.9 Å². The number of nitrogens with one attached hydrogen (secondary N) is 2. The van der Waals surface area contributed by atoms with Gasteiger partial charge >= 0.3 is 11.9 Å². The van der Waals surface area contributed by atoms with Gasteiger partial charge in [0.2, 0.25) is 0 Å². The third-order valence-electron chi connectivity index (χ3n) is 4.30. The van der Waals surface area contributed by atoms with E-state index in [9.17, 15) is 14.4 Å². The minimum absolute atomic E-state index is 0.106. The molecular weight excluding hydrogens is 444 g/mol. The first-order chi connectivity index (χ1) is 13.8. The van der Waals surface area contributed by atoms with Crippen LogP contribution in [0, 0.1) is 13.8 Å². The van der Waals surface area contributed by atoms with E-state index >= 15 is 0 Å². The van der Waals surface area contributed by atoms with Crippen LogP contribution in [0.15, 0.2) is 28.7 Å². The van der Waals surface area contributed by atoms with Gasteiger partial charge in [0.1, 0.15) is 12.3 Å². The van der Waals surface area contributed by atoms with E-state index in [4.69, 9.17) is 14.2 Å². The largest absolute Gasteiger partial charge is 0.467 e. The lowest BCUT2D eigenvalue weighted by Gasteiger charge is -2.17. The van der Waals surface area contributed by atoms with Gasteiger partial charge in [-0.25, -0.2) is 9.59 Å². The molecule has 2 aromatic rings. The molecule has 1 atom stereocenters. The van der Waals surface area contributed by atoms with E-state index in [1.807, 2.05) is 0 Å². The zero-order valence-corrected chi connectivity index (χ0v) is 18.2. The number of carbonyl (C=O) groups is 3. The first kappa shape index (κ1) is 22.6. The Morgan fingerprint density at radius 2 is 1.76 bits per heavy atom. The highest BCUT2D eigenvalue weighted by Gasteiger charge is 2.28. The number of hydrogen-bond donors (Lipinski definition) is 2. The smallest absolute Gasteiger partial charge is 0.340 e. The number of methoxy groups -OCH3 is 2. The van der Waals surface area contributed by atoms with E-state index < -0.39 is 23.9 Å². The Balaban J connectivity index is 2.26. The van der Waals surface area contributed by atoms with Crippen molar-refractivity contribution < 1.29 is 28.6 Å². The molecule has 0 aliphatic rings. The molecule has 0 fully saturated rings. The second-order valence-electron chi connectivity index (χ2n) is 6.23. The molecule has 2 rings (SSSR count). The first-order valence-corrected chi connectivity index (χ1v) is 9.58. The number of aryl methyl sites for hydroxylation is 1. The zero-order chi connectivity index (χ0) is 21.6. The van der Waals surface area contributed by atoms with E-state index in [1.165, 1.54) is 14.2 Å². The van der Waals surface area contributed by atoms with Crippen molar-refractivity contribution in [3.63, 3.8) is 0 Å². The van der Waals surface area contributed by atoms with Crippen molar-refractivity contribution in [3.8, 4) is 0 Å². The van der Waals surface area contributed by atoms with Gasteiger partial charge in [0, 0.05) is 17.3 Å². The van der Waals surface area contributed by atoms with E-state index in [0.29, 0.717) is 16.8 Å². The van der Waals surface area contributed by atoms with E-state index in [1.54, 1.807) is 38.1 Å². The lowest BCUT2D eigenvalue weighted by atomic mass is 10.1. The number of esters is 2. The molecule has 1 aromatic heterocycles. The summed E-state index contributed by atoms with van der Waals surface area (Å²) in [4.78, 5) is 40.3. The highest BCUT2D eigenvalue weighted by Crippen LogP contribution is 2.22. The molecule has 9 heteroatoms. The average Bonchev–Trinajstić information content (AvgIpc) is 3.00. The number of ether oxygens (including phenoxy) is 3. The number of aromatic nitrogens is 1. The van der Waals surface area contributed by atoms with Crippen LogP contribution >= 0.6 is 15.9 Å². The molecule has 0 saturated carbocycles. The molecule has 1 aromatic carbocycles. The summed E-state index contributed by atoms with van der Waals surface area (Å²) in [5, 5.41) is 2.66. The van der Waals surface area contributed by atoms with Crippen LogP contribution in [0.25, 0.3) is 0 Å². The van der Waals surface area contributed by atoms with Crippen LogP contribution in [0.3, 0.4) is 0 Å². The maximum Gasteiger partial charge on any atom is 0.340 e. The molecule has 0 saturated heterocycles. The number of hydrogen-bond acceptors (Lipinski definition) is 6. The SMILES string of the molecule is COCCOC(=O)c1c(C)[nH]c(C(=O)NC(C(=O)OC)c2ccc(Br)cc2)c1C. The lowest BCUT2D eigenvalue weighted by molar-refractivity contribution is -0.143. The predicted octanol–water partition coefficient (Wildman–Crippen LogP) is 2.84. The quantitative estimate of drug-likeness (QED) is 0.457. The van der Waals surface area contributed by atoms with Gasteiger partial charge in [-0.15, -0.1) is 0 Å². The van der Waals surface area contributed by atoms with Crippen molar-refractivity contribution in [3.05, 3.63) is 56.8 Å². The van der Waals surface area contributed by atoms with Crippen molar-refractivity contribution in [2.24, 2.45) is 0 Å². The number of carbonyl (C=O) groups excluding carboxylic acids is 3. The molecule has 29 heavy (non-hydrogen) atoms. The van der Waals surface area contributed by atoms with Crippen LogP contribution in [0.5, 0.6) is 0 Å². The van der Waals surface area contributed by atoms with Crippen molar-refractivity contribution in [1.82, 2.24) is 10.3 Å². The minimum atomic E-state index is -0.999. The molecule has 1 amide bonds. The highest BCUT2D eigenvalue weighted by atomic mass is 79.9. The average molecular weight is 467 g/mol. The maximum absolute atomic E-state index is 12.9. The number of aromatic amines is 1. The Morgan fingerprint density at radius 1 is 1.10 bits per heavy atom. The fourth-order valence-corrected chi connectivity index (χ4v) is 3.09. The molecule has 156 valence electrons.